The van der Waals surface area contributed by atoms with Crippen LogP contribution in [0.1, 0.15) is 18.5 Å². The predicted molar refractivity (Wildman–Crippen MR) is 93.2 cm³/mol. The van der Waals surface area contributed by atoms with E-state index in [1.807, 2.05) is 25.1 Å². The Labute approximate surface area is 145 Å². The van der Waals surface area contributed by atoms with E-state index < -0.39 is 10.0 Å². The lowest BCUT2D eigenvalue weighted by atomic mass is 10.1. The van der Waals surface area contributed by atoms with Crippen LogP contribution in [-0.4, -0.2) is 37.4 Å². The lowest BCUT2D eigenvalue weighted by molar-refractivity contribution is -0.117. The number of nitrogens with one attached hydrogen (secondary N) is 1. The zero-order valence-corrected chi connectivity index (χ0v) is 14.5. The lowest BCUT2D eigenvalue weighted by Gasteiger charge is -2.27. The number of carbonyl (C=O) groups excluding carboxylic acids is 1. The number of carbonyl (C=O) groups is 1. The summed E-state index contributed by atoms with van der Waals surface area (Å²) in [6, 6.07) is 7.07. The van der Waals surface area contributed by atoms with Crippen LogP contribution in [0.25, 0.3) is 0 Å². The van der Waals surface area contributed by atoms with Gasteiger partial charge in [-0.1, -0.05) is 29.8 Å². The molecule has 1 amide bonds. The standard InChI is InChI=1S/C16H16ClN3O3S/c1-11(13-4-2-3-5-14(13)17)18-16(21)12-6-7-15-19-24(22,23)9-8-20(15)10-12/h2-7,10-11H,8-9H2,1H3,(H,18,21). The number of benzene rings is 1. The fourth-order valence-electron chi connectivity index (χ4n) is 2.52. The van der Waals surface area contributed by atoms with Crippen molar-refractivity contribution in [2.75, 3.05) is 12.3 Å². The molecule has 1 unspecified atom stereocenters. The molecule has 0 aromatic heterocycles. The molecular weight excluding hydrogens is 350 g/mol. The Morgan fingerprint density at radius 2 is 2.08 bits per heavy atom. The van der Waals surface area contributed by atoms with Crippen molar-refractivity contribution in [3.8, 4) is 0 Å². The Bertz CT molecular complexity index is 874. The summed E-state index contributed by atoms with van der Waals surface area (Å²) in [5, 5.41) is 3.48. The minimum Gasteiger partial charge on any atom is -0.345 e. The third-order valence-corrected chi connectivity index (χ3v) is 5.31. The Balaban J connectivity index is 1.74. The van der Waals surface area contributed by atoms with E-state index in [-0.39, 0.29) is 24.2 Å². The van der Waals surface area contributed by atoms with Gasteiger partial charge in [-0.2, -0.15) is 0 Å². The number of amides is 1. The molecule has 0 spiro atoms. The second-order valence-electron chi connectivity index (χ2n) is 5.56. The molecule has 0 fully saturated rings. The van der Waals surface area contributed by atoms with Crippen LogP contribution in [0.5, 0.6) is 0 Å². The zero-order valence-electron chi connectivity index (χ0n) is 12.9. The van der Waals surface area contributed by atoms with Gasteiger partial charge in [0.1, 0.15) is 5.84 Å². The van der Waals surface area contributed by atoms with Gasteiger partial charge in [-0.05, 0) is 30.7 Å². The molecule has 1 aromatic carbocycles. The highest BCUT2D eigenvalue weighted by molar-refractivity contribution is 7.90. The van der Waals surface area contributed by atoms with Gasteiger partial charge in [-0.25, -0.2) is 8.42 Å². The van der Waals surface area contributed by atoms with E-state index in [1.165, 1.54) is 6.08 Å². The molecule has 0 radical (unpaired) electrons. The summed E-state index contributed by atoms with van der Waals surface area (Å²) in [5.74, 6) is 0.00859. The first-order valence-electron chi connectivity index (χ1n) is 7.40. The maximum atomic E-state index is 12.4. The minimum atomic E-state index is -3.40. The van der Waals surface area contributed by atoms with Gasteiger partial charge in [-0.3, -0.25) is 4.79 Å². The summed E-state index contributed by atoms with van der Waals surface area (Å²) in [4.78, 5) is 14.1. The van der Waals surface area contributed by atoms with Crippen molar-refractivity contribution in [3.05, 3.63) is 58.8 Å². The smallest absolute Gasteiger partial charge is 0.256 e. The van der Waals surface area contributed by atoms with E-state index in [9.17, 15) is 13.2 Å². The first kappa shape index (κ1) is 16.7. The molecule has 2 aliphatic rings. The molecule has 1 atom stereocenters. The summed E-state index contributed by atoms with van der Waals surface area (Å²) < 4.78 is 26.7. The van der Waals surface area contributed by atoms with E-state index in [0.29, 0.717) is 16.4 Å². The maximum Gasteiger partial charge on any atom is 0.256 e. The summed E-state index contributed by atoms with van der Waals surface area (Å²) >= 11 is 6.15. The van der Waals surface area contributed by atoms with E-state index in [0.717, 1.165) is 5.56 Å². The van der Waals surface area contributed by atoms with Gasteiger partial charge in [0.15, 0.2) is 0 Å². The molecule has 0 saturated carbocycles. The summed E-state index contributed by atoms with van der Waals surface area (Å²) in [7, 11) is -3.40. The molecule has 3 rings (SSSR count). The number of hydrogen-bond acceptors (Lipinski definition) is 4. The average Bonchev–Trinajstić information content (AvgIpc) is 2.53. The van der Waals surface area contributed by atoms with Crippen LogP contribution in [0.4, 0.5) is 0 Å². The van der Waals surface area contributed by atoms with Crippen molar-refractivity contribution in [1.82, 2.24) is 10.2 Å². The first-order chi connectivity index (χ1) is 11.4. The van der Waals surface area contributed by atoms with Gasteiger partial charge in [0.2, 0.25) is 0 Å². The van der Waals surface area contributed by atoms with E-state index >= 15 is 0 Å². The summed E-state index contributed by atoms with van der Waals surface area (Å²) in [6.45, 7) is 2.13. The fraction of sp³-hybridized carbons (Fsp3) is 0.250. The molecule has 0 saturated heterocycles. The van der Waals surface area contributed by atoms with Crippen LogP contribution in [0.3, 0.4) is 0 Å². The second kappa shape index (κ2) is 6.41. The predicted octanol–water partition coefficient (Wildman–Crippen LogP) is 2.01. The highest BCUT2D eigenvalue weighted by atomic mass is 35.5. The zero-order chi connectivity index (χ0) is 17.3. The number of rotatable bonds is 3. The normalized spacial score (nSPS) is 19.8. The van der Waals surface area contributed by atoms with Gasteiger partial charge >= 0.3 is 0 Å². The monoisotopic (exact) mass is 365 g/mol. The molecule has 2 heterocycles. The Kier molecular flexibility index (Phi) is 4.47. The molecule has 2 aliphatic heterocycles. The van der Waals surface area contributed by atoms with Crippen molar-refractivity contribution in [3.63, 3.8) is 0 Å². The highest BCUT2D eigenvalue weighted by Gasteiger charge is 2.25. The Morgan fingerprint density at radius 1 is 1.33 bits per heavy atom. The summed E-state index contributed by atoms with van der Waals surface area (Å²) in [6.07, 6.45) is 4.71. The van der Waals surface area contributed by atoms with E-state index in [4.69, 9.17) is 11.6 Å². The lowest BCUT2D eigenvalue weighted by Crippen LogP contribution is -2.38. The average molecular weight is 366 g/mol. The van der Waals surface area contributed by atoms with E-state index in [1.54, 1.807) is 23.2 Å². The number of nitrogens with zero attached hydrogens (tertiary/aromatic N) is 2. The quantitative estimate of drug-likeness (QED) is 0.888. The molecule has 0 aliphatic carbocycles. The number of halogens is 1. The number of amidine groups is 1. The van der Waals surface area contributed by atoms with Gasteiger partial charge in [0, 0.05) is 17.8 Å². The molecule has 1 N–H and O–H groups in total. The van der Waals surface area contributed by atoms with Crippen LogP contribution in [0.2, 0.25) is 5.02 Å². The van der Waals surface area contributed by atoms with Gasteiger partial charge in [-0.15, -0.1) is 4.40 Å². The molecule has 24 heavy (non-hydrogen) atoms. The van der Waals surface area contributed by atoms with Gasteiger partial charge in [0.25, 0.3) is 15.9 Å². The van der Waals surface area contributed by atoms with Crippen molar-refractivity contribution < 1.29 is 13.2 Å². The second-order valence-corrected chi connectivity index (χ2v) is 7.73. The minimum absolute atomic E-state index is 0.0637. The van der Waals surface area contributed by atoms with Crippen LogP contribution in [0.15, 0.2) is 52.6 Å². The molecule has 6 nitrogen and oxygen atoms in total. The van der Waals surface area contributed by atoms with Crippen LogP contribution in [-0.2, 0) is 14.8 Å². The SMILES string of the molecule is CC(NC(=O)C1=CN2CCS(=O)(=O)N=C2C=C1)c1ccccc1Cl. The number of sulfonamides is 1. The third kappa shape index (κ3) is 3.52. The summed E-state index contributed by atoms with van der Waals surface area (Å²) in [5.41, 5.74) is 1.27. The van der Waals surface area contributed by atoms with Crippen molar-refractivity contribution >= 4 is 33.4 Å². The number of fused-ring (bicyclic) bond motifs is 1. The molecule has 126 valence electrons. The number of hydrogen-bond donors (Lipinski definition) is 1. The highest BCUT2D eigenvalue weighted by Crippen LogP contribution is 2.23. The molecular formula is C16H16ClN3O3S. The van der Waals surface area contributed by atoms with Crippen LogP contribution >= 0.6 is 11.6 Å². The van der Waals surface area contributed by atoms with Crippen molar-refractivity contribution in [1.29, 1.82) is 0 Å². The van der Waals surface area contributed by atoms with Crippen molar-refractivity contribution in [2.24, 2.45) is 4.40 Å². The Morgan fingerprint density at radius 3 is 2.83 bits per heavy atom. The van der Waals surface area contributed by atoms with Crippen LogP contribution in [0, 0.1) is 0 Å². The van der Waals surface area contributed by atoms with Gasteiger partial charge < -0.3 is 10.2 Å². The van der Waals surface area contributed by atoms with Crippen LogP contribution < -0.4 is 5.32 Å². The molecule has 0 bridgehead atoms. The largest absolute Gasteiger partial charge is 0.345 e. The molecule has 8 heteroatoms. The maximum absolute atomic E-state index is 12.4. The van der Waals surface area contributed by atoms with Gasteiger partial charge in [0.05, 0.1) is 17.4 Å². The van der Waals surface area contributed by atoms with E-state index in [2.05, 4.69) is 9.71 Å². The molecule has 1 aromatic rings. The Hall–Kier alpha value is -2.12. The van der Waals surface area contributed by atoms with Crippen molar-refractivity contribution in [2.45, 2.75) is 13.0 Å². The third-order valence-electron chi connectivity index (χ3n) is 3.81. The topological polar surface area (TPSA) is 78.8 Å². The first-order valence-corrected chi connectivity index (χ1v) is 9.39. The fourth-order valence-corrected chi connectivity index (χ4v) is 3.79.